The van der Waals surface area contributed by atoms with Gasteiger partial charge in [0.2, 0.25) is 5.91 Å². The predicted molar refractivity (Wildman–Crippen MR) is 111 cm³/mol. The van der Waals surface area contributed by atoms with Gasteiger partial charge >= 0.3 is 0 Å². The monoisotopic (exact) mass is 365 g/mol. The van der Waals surface area contributed by atoms with Gasteiger partial charge < -0.3 is 5.32 Å². The van der Waals surface area contributed by atoms with E-state index in [1.54, 1.807) is 0 Å². The van der Waals surface area contributed by atoms with Crippen molar-refractivity contribution in [3.63, 3.8) is 0 Å². The zero-order chi connectivity index (χ0) is 19.1. The van der Waals surface area contributed by atoms with E-state index in [2.05, 4.69) is 58.4 Å². The Kier molecular flexibility index (Phi) is 7.02. The third-order valence-corrected chi connectivity index (χ3v) is 5.24. The van der Waals surface area contributed by atoms with Crippen LogP contribution in [0.1, 0.15) is 35.6 Å². The highest BCUT2D eigenvalue weighted by atomic mass is 16.2. The van der Waals surface area contributed by atoms with E-state index in [-0.39, 0.29) is 11.9 Å². The minimum Gasteiger partial charge on any atom is -0.353 e. The third-order valence-electron chi connectivity index (χ3n) is 5.24. The van der Waals surface area contributed by atoms with Crippen molar-refractivity contribution in [3.8, 4) is 0 Å². The van der Waals surface area contributed by atoms with E-state index in [0.717, 1.165) is 19.6 Å². The molecule has 0 spiro atoms. The van der Waals surface area contributed by atoms with Crippen LogP contribution in [0.5, 0.6) is 0 Å². The van der Waals surface area contributed by atoms with Crippen LogP contribution in [0.25, 0.3) is 0 Å². The van der Waals surface area contributed by atoms with Crippen molar-refractivity contribution in [2.45, 2.75) is 32.4 Å². The van der Waals surface area contributed by atoms with Gasteiger partial charge in [-0.05, 0) is 51.0 Å². The van der Waals surface area contributed by atoms with E-state index in [1.165, 1.54) is 29.5 Å². The first-order chi connectivity index (χ1) is 13.1. The van der Waals surface area contributed by atoms with Crippen LogP contribution in [0.3, 0.4) is 0 Å². The molecule has 1 saturated heterocycles. The van der Waals surface area contributed by atoms with Crippen LogP contribution in [0.4, 0.5) is 0 Å². The molecule has 0 radical (unpaired) electrons. The number of aryl methyl sites for hydroxylation is 1. The van der Waals surface area contributed by atoms with Gasteiger partial charge in [0.25, 0.3) is 0 Å². The number of hydrogen-bond acceptors (Lipinski definition) is 3. The molecule has 4 nitrogen and oxygen atoms in total. The van der Waals surface area contributed by atoms with Gasteiger partial charge in [0, 0.05) is 13.1 Å². The molecule has 2 aromatic rings. The molecule has 0 aliphatic carbocycles. The second-order valence-corrected chi connectivity index (χ2v) is 7.63. The Morgan fingerprint density at radius 1 is 1.07 bits per heavy atom. The Morgan fingerprint density at radius 2 is 1.74 bits per heavy atom. The minimum atomic E-state index is 0.0877. The number of hydrogen-bond donors (Lipinski definition) is 1. The van der Waals surface area contributed by atoms with Crippen molar-refractivity contribution in [1.82, 2.24) is 15.1 Å². The maximum absolute atomic E-state index is 12.5. The molecule has 4 heteroatoms. The smallest absolute Gasteiger partial charge is 0.234 e. The van der Waals surface area contributed by atoms with Crippen molar-refractivity contribution in [1.29, 1.82) is 0 Å². The van der Waals surface area contributed by atoms with E-state index >= 15 is 0 Å². The van der Waals surface area contributed by atoms with E-state index in [4.69, 9.17) is 0 Å². The molecule has 2 aromatic carbocycles. The van der Waals surface area contributed by atoms with Crippen molar-refractivity contribution in [2.75, 3.05) is 33.2 Å². The zero-order valence-electron chi connectivity index (χ0n) is 16.5. The highest BCUT2D eigenvalue weighted by molar-refractivity contribution is 5.78. The number of likely N-dealkylation sites (tertiary alicyclic amines) is 1. The highest BCUT2D eigenvalue weighted by Gasteiger charge is 2.24. The van der Waals surface area contributed by atoms with Gasteiger partial charge in [-0.1, -0.05) is 60.2 Å². The lowest BCUT2D eigenvalue weighted by molar-refractivity contribution is -0.122. The molecule has 1 unspecified atom stereocenters. The molecule has 144 valence electrons. The van der Waals surface area contributed by atoms with Crippen LogP contribution in [-0.4, -0.2) is 48.9 Å². The molecule has 27 heavy (non-hydrogen) atoms. The summed E-state index contributed by atoms with van der Waals surface area (Å²) >= 11 is 0. The average molecular weight is 366 g/mol. The van der Waals surface area contributed by atoms with Gasteiger partial charge in [-0.15, -0.1) is 0 Å². The number of carbonyl (C=O) groups is 1. The van der Waals surface area contributed by atoms with Crippen LogP contribution >= 0.6 is 0 Å². The Labute approximate surface area is 163 Å². The van der Waals surface area contributed by atoms with Crippen LogP contribution in [0.15, 0.2) is 54.6 Å². The normalized spacial score (nSPS) is 15.8. The van der Waals surface area contributed by atoms with E-state index in [0.29, 0.717) is 13.1 Å². The molecule has 1 atom stereocenters. The first kappa shape index (κ1) is 19.6. The van der Waals surface area contributed by atoms with E-state index in [9.17, 15) is 4.79 Å². The summed E-state index contributed by atoms with van der Waals surface area (Å²) < 4.78 is 0. The number of carbonyl (C=O) groups excluding carboxylic acids is 1. The molecule has 0 bridgehead atoms. The van der Waals surface area contributed by atoms with Gasteiger partial charge in [-0.2, -0.15) is 0 Å². The Bertz CT molecular complexity index is 708. The molecule has 1 aliphatic heterocycles. The van der Waals surface area contributed by atoms with Crippen molar-refractivity contribution in [3.05, 3.63) is 71.3 Å². The molecule has 1 heterocycles. The van der Waals surface area contributed by atoms with Crippen molar-refractivity contribution < 1.29 is 4.79 Å². The fourth-order valence-electron chi connectivity index (χ4n) is 3.76. The summed E-state index contributed by atoms with van der Waals surface area (Å²) in [6, 6.07) is 19.2. The number of nitrogens with one attached hydrogen (secondary N) is 1. The molecule has 0 saturated carbocycles. The topological polar surface area (TPSA) is 35.6 Å². The predicted octanol–water partition coefficient (Wildman–Crippen LogP) is 3.38. The number of rotatable bonds is 8. The maximum atomic E-state index is 12.5. The van der Waals surface area contributed by atoms with Crippen LogP contribution in [0, 0.1) is 6.92 Å². The fraction of sp³-hybridized carbons (Fsp3) is 0.435. The van der Waals surface area contributed by atoms with Crippen LogP contribution in [0.2, 0.25) is 0 Å². The highest BCUT2D eigenvalue weighted by Crippen LogP contribution is 2.24. The molecular weight excluding hydrogens is 334 g/mol. The quantitative estimate of drug-likeness (QED) is 0.779. The van der Waals surface area contributed by atoms with Gasteiger partial charge in [0.15, 0.2) is 0 Å². The summed E-state index contributed by atoms with van der Waals surface area (Å²) in [6.45, 7) is 6.20. The molecule has 1 fully saturated rings. The van der Waals surface area contributed by atoms with Gasteiger partial charge in [-0.25, -0.2) is 0 Å². The lowest BCUT2D eigenvalue weighted by Crippen LogP contribution is -2.40. The summed E-state index contributed by atoms with van der Waals surface area (Å²) in [5.41, 5.74) is 3.79. The number of likely N-dealkylation sites (N-methyl/N-ethyl adjacent to an activating group) is 1. The van der Waals surface area contributed by atoms with E-state index < -0.39 is 0 Å². The van der Waals surface area contributed by atoms with Crippen LogP contribution in [-0.2, 0) is 11.3 Å². The number of benzene rings is 2. The lowest BCUT2D eigenvalue weighted by Gasteiger charge is -2.28. The largest absolute Gasteiger partial charge is 0.353 e. The first-order valence-electron chi connectivity index (χ1n) is 9.91. The molecule has 0 aromatic heterocycles. The second-order valence-electron chi connectivity index (χ2n) is 7.63. The summed E-state index contributed by atoms with van der Waals surface area (Å²) in [6.07, 6.45) is 2.49. The van der Waals surface area contributed by atoms with Crippen molar-refractivity contribution >= 4 is 5.91 Å². The summed E-state index contributed by atoms with van der Waals surface area (Å²) in [5.74, 6) is 0.0877. The second kappa shape index (κ2) is 9.67. The Hall–Kier alpha value is -2.17. The van der Waals surface area contributed by atoms with Gasteiger partial charge in [0.05, 0.1) is 12.6 Å². The number of amides is 1. The molecule has 1 N–H and O–H groups in total. The standard InChI is InChI=1S/C23H31N3O/c1-19-10-12-21(13-11-19)22(26-14-6-7-15-26)16-24-23(27)18-25(2)17-20-8-4-3-5-9-20/h3-5,8-13,22H,6-7,14-18H2,1-2H3,(H,24,27). The zero-order valence-corrected chi connectivity index (χ0v) is 16.5. The molecule has 1 amide bonds. The lowest BCUT2D eigenvalue weighted by atomic mass is 10.0. The van der Waals surface area contributed by atoms with Gasteiger partial charge in [0.1, 0.15) is 0 Å². The Balaban J connectivity index is 1.54. The van der Waals surface area contributed by atoms with Crippen LogP contribution < -0.4 is 5.32 Å². The number of nitrogens with zero attached hydrogens (tertiary/aromatic N) is 2. The maximum Gasteiger partial charge on any atom is 0.234 e. The molecule has 3 rings (SSSR count). The average Bonchev–Trinajstić information content (AvgIpc) is 3.18. The fourth-order valence-corrected chi connectivity index (χ4v) is 3.76. The third kappa shape index (κ3) is 5.91. The summed E-state index contributed by atoms with van der Waals surface area (Å²) in [4.78, 5) is 17.0. The summed E-state index contributed by atoms with van der Waals surface area (Å²) in [5, 5.41) is 3.17. The molecule has 1 aliphatic rings. The summed E-state index contributed by atoms with van der Waals surface area (Å²) in [7, 11) is 1.99. The first-order valence-corrected chi connectivity index (χ1v) is 9.91. The SMILES string of the molecule is Cc1ccc(C(CNC(=O)CN(C)Cc2ccccc2)N2CCCC2)cc1. The molecular formula is C23H31N3O. The van der Waals surface area contributed by atoms with Gasteiger partial charge in [-0.3, -0.25) is 14.6 Å². The Morgan fingerprint density at radius 3 is 2.41 bits per heavy atom. The van der Waals surface area contributed by atoms with Crippen molar-refractivity contribution in [2.24, 2.45) is 0 Å². The minimum absolute atomic E-state index is 0.0877. The van der Waals surface area contributed by atoms with E-state index in [1.807, 2.05) is 25.2 Å².